The van der Waals surface area contributed by atoms with Gasteiger partial charge in [-0.1, -0.05) is 36.4 Å². The van der Waals surface area contributed by atoms with Gasteiger partial charge in [-0.3, -0.25) is 9.97 Å². The minimum Gasteiger partial charge on any atom is -0.338 e. The van der Waals surface area contributed by atoms with Gasteiger partial charge in [0.15, 0.2) is 0 Å². The van der Waals surface area contributed by atoms with Crippen LogP contribution < -0.4 is 21.3 Å². The number of carbonyl (C=O) groups excluding carboxylic acids is 2. The fourth-order valence-electron chi connectivity index (χ4n) is 3.73. The number of pyridine rings is 2. The first kappa shape index (κ1) is 25.4. The highest BCUT2D eigenvalue weighted by Crippen LogP contribution is 2.16. The van der Waals surface area contributed by atoms with E-state index in [1.165, 1.54) is 0 Å². The molecule has 0 unspecified atom stereocenters. The Morgan fingerprint density at radius 3 is 1.38 bits per heavy atom. The Kier molecular flexibility index (Phi) is 9.18. The zero-order chi connectivity index (χ0) is 25.7. The molecule has 2 aromatic carbocycles. The molecule has 0 aliphatic rings. The molecule has 0 saturated heterocycles. The van der Waals surface area contributed by atoms with Gasteiger partial charge in [0.2, 0.25) is 0 Å². The van der Waals surface area contributed by atoms with Crippen LogP contribution in [0.15, 0.2) is 97.6 Å². The lowest BCUT2D eigenvalue weighted by atomic mass is 10.0. The van der Waals surface area contributed by atoms with Gasteiger partial charge in [0, 0.05) is 49.3 Å². The van der Waals surface area contributed by atoms with Crippen LogP contribution in [0.25, 0.3) is 0 Å². The number of anilines is 2. The Balaban J connectivity index is 1.17. The van der Waals surface area contributed by atoms with Gasteiger partial charge in [0.05, 0.1) is 0 Å². The van der Waals surface area contributed by atoms with Gasteiger partial charge >= 0.3 is 12.1 Å². The Hall–Kier alpha value is -4.72. The van der Waals surface area contributed by atoms with E-state index in [2.05, 4.69) is 31.2 Å². The molecule has 4 aromatic rings. The number of hydrogen-bond donors (Lipinski definition) is 4. The molecule has 2 aromatic heterocycles. The second-order valence-electron chi connectivity index (χ2n) is 8.55. The molecule has 4 amide bonds. The van der Waals surface area contributed by atoms with Gasteiger partial charge in [-0.05, 0) is 77.9 Å². The lowest BCUT2D eigenvalue weighted by molar-refractivity contribution is 0.251. The predicted octanol–water partition coefficient (Wildman–Crippen LogP) is 4.80. The molecule has 0 bridgehead atoms. The molecule has 37 heavy (non-hydrogen) atoms. The molecule has 8 nitrogen and oxygen atoms in total. The largest absolute Gasteiger partial charge is 0.338 e. The molecule has 0 aliphatic carbocycles. The maximum absolute atomic E-state index is 12.1. The summed E-state index contributed by atoms with van der Waals surface area (Å²) in [6.07, 6.45) is 9.26. The van der Waals surface area contributed by atoms with Gasteiger partial charge < -0.3 is 21.3 Å². The number of nitrogens with zero attached hydrogens (tertiary/aromatic N) is 2. The predicted molar refractivity (Wildman–Crippen MR) is 146 cm³/mol. The van der Waals surface area contributed by atoms with E-state index in [1.807, 2.05) is 72.8 Å². The Morgan fingerprint density at radius 2 is 1.00 bits per heavy atom. The Labute approximate surface area is 216 Å². The highest BCUT2D eigenvalue weighted by atomic mass is 16.2. The minimum atomic E-state index is -0.235. The number of carbonyl (C=O) groups is 2. The lowest BCUT2D eigenvalue weighted by Gasteiger charge is -2.10. The summed E-state index contributed by atoms with van der Waals surface area (Å²) in [5.74, 6) is 0. The topological polar surface area (TPSA) is 108 Å². The third-order valence-corrected chi connectivity index (χ3v) is 5.68. The second-order valence-corrected chi connectivity index (χ2v) is 8.55. The van der Waals surface area contributed by atoms with Crippen LogP contribution in [-0.4, -0.2) is 35.1 Å². The Morgan fingerprint density at radius 1 is 0.568 bits per heavy atom. The molecule has 0 fully saturated rings. The van der Waals surface area contributed by atoms with Crippen molar-refractivity contribution in [3.05, 3.63) is 120 Å². The Bertz CT molecular complexity index is 1160. The third-order valence-electron chi connectivity index (χ3n) is 5.68. The molecule has 0 atom stereocenters. The molecule has 0 radical (unpaired) electrons. The van der Waals surface area contributed by atoms with E-state index >= 15 is 0 Å². The summed E-state index contributed by atoms with van der Waals surface area (Å²) in [5, 5.41) is 11.4. The van der Waals surface area contributed by atoms with Crippen LogP contribution in [0.2, 0.25) is 0 Å². The molecular formula is C29H30N6O2. The minimum absolute atomic E-state index is 0.235. The number of nitrogens with one attached hydrogen (secondary N) is 4. The van der Waals surface area contributed by atoms with Crippen molar-refractivity contribution in [3.8, 4) is 0 Å². The first-order valence-corrected chi connectivity index (χ1v) is 12.2. The summed E-state index contributed by atoms with van der Waals surface area (Å²) in [7, 11) is 0. The molecule has 0 aliphatic heterocycles. The number of rotatable bonds is 10. The van der Waals surface area contributed by atoms with Crippen LogP contribution in [0.5, 0.6) is 0 Å². The highest BCUT2D eigenvalue weighted by Gasteiger charge is 2.04. The lowest BCUT2D eigenvalue weighted by Crippen LogP contribution is -2.30. The van der Waals surface area contributed by atoms with Gasteiger partial charge in [-0.2, -0.15) is 0 Å². The fraction of sp³-hybridized carbons (Fsp3) is 0.172. The average molecular weight is 495 g/mol. The molecule has 0 saturated carbocycles. The van der Waals surface area contributed by atoms with Crippen LogP contribution >= 0.6 is 0 Å². The maximum atomic E-state index is 12.1. The van der Waals surface area contributed by atoms with E-state index in [1.54, 1.807) is 24.8 Å². The second kappa shape index (κ2) is 13.4. The van der Waals surface area contributed by atoms with Gasteiger partial charge in [0.1, 0.15) is 0 Å². The summed E-state index contributed by atoms with van der Waals surface area (Å²) >= 11 is 0. The number of amides is 4. The quantitative estimate of drug-likeness (QED) is 0.254. The maximum Gasteiger partial charge on any atom is 0.319 e. The van der Waals surface area contributed by atoms with Crippen molar-refractivity contribution in [2.45, 2.75) is 19.3 Å². The first-order chi connectivity index (χ1) is 18.1. The van der Waals surface area contributed by atoms with Gasteiger partial charge in [0.25, 0.3) is 0 Å². The van der Waals surface area contributed by atoms with Crippen LogP contribution in [0.1, 0.15) is 22.3 Å². The van der Waals surface area contributed by atoms with Crippen molar-refractivity contribution in [1.29, 1.82) is 0 Å². The van der Waals surface area contributed by atoms with Crippen molar-refractivity contribution in [1.82, 2.24) is 20.6 Å². The molecule has 2 heterocycles. The third kappa shape index (κ3) is 8.78. The summed E-state index contributed by atoms with van der Waals surface area (Å²) in [6.45, 7) is 1.07. The first-order valence-electron chi connectivity index (χ1n) is 12.2. The highest BCUT2D eigenvalue weighted by molar-refractivity contribution is 5.89. The number of benzene rings is 2. The standard InChI is InChI=1S/C29H30N6O2/c36-28(32-17-13-24-3-1-15-30-20-24)34-26-9-5-22(6-10-26)19-23-7-11-27(12-8-23)35-29(37)33-18-14-25-4-2-16-31-21-25/h1-12,15-16,20-21H,13-14,17-19H2,(H2,32,34,36)(H2,33,35,37). The monoisotopic (exact) mass is 494 g/mol. The fourth-order valence-corrected chi connectivity index (χ4v) is 3.73. The SMILES string of the molecule is O=C(NCCc1cccnc1)Nc1ccc(Cc2ccc(NC(=O)NCCc3cccnc3)cc2)cc1. The molecule has 4 N–H and O–H groups in total. The summed E-state index contributed by atoms with van der Waals surface area (Å²) in [5.41, 5.74) is 5.87. The molecule has 8 heteroatoms. The molecule has 4 rings (SSSR count). The zero-order valence-electron chi connectivity index (χ0n) is 20.5. The van der Waals surface area contributed by atoms with Crippen LogP contribution in [0.4, 0.5) is 21.0 Å². The number of hydrogen-bond acceptors (Lipinski definition) is 4. The van der Waals surface area contributed by atoms with E-state index < -0.39 is 0 Å². The van der Waals surface area contributed by atoms with Crippen molar-refractivity contribution in [2.75, 3.05) is 23.7 Å². The molecule has 0 spiro atoms. The van der Waals surface area contributed by atoms with E-state index in [0.29, 0.717) is 13.1 Å². The van der Waals surface area contributed by atoms with Crippen molar-refractivity contribution in [3.63, 3.8) is 0 Å². The van der Waals surface area contributed by atoms with Crippen molar-refractivity contribution < 1.29 is 9.59 Å². The van der Waals surface area contributed by atoms with E-state index in [-0.39, 0.29) is 12.1 Å². The average Bonchev–Trinajstić information content (AvgIpc) is 2.92. The van der Waals surface area contributed by atoms with Crippen LogP contribution in [0, 0.1) is 0 Å². The van der Waals surface area contributed by atoms with E-state index in [9.17, 15) is 9.59 Å². The van der Waals surface area contributed by atoms with Crippen molar-refractivity contribution in [2.24, 2.45) is 0 Å². The summed E-state index contributed by atoms with van der Waals surface area (Å²) in [4.78, 5) is 32.4. The van der Waals surface area contributed by atoms with E-state index in [4.69, 9.17) is 0 Å². The molecular weight excluding hydrogens is 464 g/mol. The molecule has 188 valence electrons. The van der Waals surface area contributed by atoms with Gasteiger partial charge in [-0.25, -0.2) is 9.59 Å². The zero-order valence-corrected chi connectivity index (χ0v) is 20.5. The summed E-state index contributed by atoms with van der Waals surface area (Å²) < 4.78 is 0. The van der Waals surface area contributed by atoms with E-state index in [0.717, 1.165) is 52.9 Å². The smallest absolute Gasteiger partial charge is 0.319 e. The number of aromatic nitrogens is 2. The van der Waals surface area contributed by atoms with Crippen LogP contribution in [-0.2, 0) is 19.3 Å². The van der Waals surface area contributed by atoms with Crippen LogP contribution in [0.3, 0.4) is 0 Å². The van der Waals surface area contributed by atoms with Crippen molar-refractivity contribution >= 4 is 23.4 Å². The summed E-state index contributed by atoms with van der Waals surface area (Å²) in [6, 6.07) is 22.8. The normalized spacial score (nSPS) is 10.4. The number of urea groups is 2. The van der Waals surface area contributed by atoms with Gasteiger partial charge in [-0.15, -0.1) is 0 Å².